The highest BCUT2D eigenvalue weighted by Gasteiger charge is 2.33. The van der Waals surface area contributed by atoms with Crippen LogP contribution in [0, 0.1) is 5.82 Å². The Morgan fingerprint density at radius 1 is 1.12 bits per heavy atom. The fourth-order valence-corrected chi connectivity index (χ4v) is 2.60. The Labute approximate surface area is 143 Å². The van der Waals surface area contributed by atoms with Crippen LogP contribution in [0.2, 0.25) is 0 Å². The molecule has 1 unspecified atom stereocenters. The molecule has 25 heavy (non-hydrogen) atoms. The number of hydrogen-bond donors (Lipinski definition) is 2. The number of urea groups is 1. The predicted octanol–water partition coefficient (Wildman–Crippen LogP) is 2.45. The second-order valence-corrected chi connectivity index (χ2v) is 5.65. The number of hydrogen-bond acceptors (Lipinski definition) is 3. The molecule has 0 spiro atoms. The first-order valence-electron chi connectivity index (χ1n) is 7.74. The number of halogens is 1. The highest BCUT2D eigenvalue weighted by atomic mass is 19.1. The van der Waals surface area contributed by atoms with Crippen molar-refractivity contribution >= 4 is 23.5 Å². The van der Waals surface area contributed by atoms with E-state index in [0.717, 1.165) is 4.90 Å². The summed E-state index contributed by atoms with van der Waals surface area (Å²) in [4.78, 5) is 37.3. The van der Waals surface area contributed by atoms with Crippen LogP contribution >= 0.6 is 0 Å². The van der Waals surface area contributed by atoms with Gasteiger partial charge in [0.1, 0.15) is 12.4 Å². The summed E-state index contributed by atoms with van der Waals surface area (Å²) in [6.07, 6.45) is 0.00991. The van der Waals surface area contributed by atoms with E-state index in [1.807, 2.05) is 6.07 Å². The molecule has 7 heteroatoms. The van der Waals surface area contributed by atoms with Gasteiger partial charge in [-0.2, -0.15) is 0 Å². The van der Waals surface area contributed by atoms with E-state index in [9.17, 15) is 18.8 Å². The Bertz CT molecular complexity index is 775. The quantitative estimate of drug-likeness (QED) is 0.897. The summed E-state index contributed by atoms with van der Waals surface area (Å²) in [5.74, 6) is -1.31. The smallest absolute Gasteiger partial charge is 0.325 e. The summed E-state index contributed by atoms with van der Waals surface area (Å²) < 4.78 is 13.0. The number of benzene rings is 2. The van der Waals surface area contributed by atoms with Crippen LogP contribution < -0.4 is 10.6 Å². The average molecular weight is 341 g/mol. The maximum absolute atomic E-state index is 13.0. The molecule has 2 aromatic rings. The Kier molecular flexibility index (Phi) is 4.74. The van der Waals surface area contributed by atoms with Crippen molar-refractivity contribution < 1.29 is 18.8 Å². The van der Waals surface area contributed by atoms with Crippen LogP contribution in [0.5, 0.6) is 0 Å². The Morgan fingerprint density at radius 3 is 2.44 bits per heavy atom. The number of para-hydroxylation sites is 1. The van der Waals surface area contributed by atoms with Gasteiger partial charge in [0.2, 0.25) is 11.8 Å². The Hall–Kier alpha value is -3.22. The molecule has 1 aliphatic heterocycles. The van der Waals surface area contributed by atoms with E-state index in [1.165, 1.54) is 24.3 Å². The van der Waals surface area contributed by atoms with Gasteiger partial charge in [0.05, 0.1) is 12.5 Å². The molecule has 1 atom stereocenters. The van der Waals surface area contributed by atoms with Crippen LogP contribution in [-0.4, -0.2) is 29.3 Å². The van der Waals surface area contributed by atoms with Gasteiger partial charge in [-0.15, -0.1) is 0 Å². The van der Waals surface area contributed by atoms with E-state index in [-0.39, 0.29) is 13.0 Å². The van der Waals surface area contributed by atoms with Gasteiger partial charge >= 0.3 is 6.03 Å². The third kappa shape index (κ3) is 4.00. The van der Waals surface area contributed by atoms with Crippen LogP contribution in [0.15, 0.2) is 54.6 Å². The summed E-state index contributed by atoms with van der Waals surface area (Å²) in [6, 6.07) is 13.2. The third-order valence-electron chi connectivity index (χ3n) is 3.85. The molecule has 4 amide bonds. The van der Waals surface area contributed by atoms with Crippen LogP contribution in [0.1, 0.15) is 18.0 Å². The summed E-state index contributed by atoms with van der Waals surface area (Å²) in [6.45, 7) is -0.365. The van der Waals surface area contributed by atoms with E-state index < -0.39 is 29.7 Å². The van der Waals surface area contributed by atoms with Crippen molar-refractivity contribution in [2.45, 2.75) is 12.5 Å². The van der Waals surface area contributed by atoms with Crippen molar-refractivity contribution in [3.05, 3.63) is 66.0 Å². The molecule has 1 fully saturated rings. The number of carbonyl (C=O) groups is 3. The Balaban J connectivity index is 1.63. The molecule has 0 aromatic heterocycles. The molecule has 128 valence electrons. The molecule has 2 aromatic carbocycles. The van der Waals surface area contributed by atoms with Gasteiger partial charge in [0, 0.05) is 5.69 Å². The lowest BCUT2D eigenvalue weighted by atomic mass is 10.0. The molecule has 1 aliphatic rings. The lowest BCUT2D eigenvalue weighted by molar-refractivity contribution is -0.133. The zero-order valence-electron chi connectivity index (χ0n) is 13.2. The summed E-state index contributed by atoms with van der Waals surface area (Å²) >= 11 is 0. The van der Waals surface area contributed by atoms with E-state index in [4.69, 9.17) is 0 Å². The second kappa shape index (κ2) is 7.12. The van der Waals surface area contributed by atoms with Crippen LogP contribution in [0.4, 0.5) is 14.9 Å². The molecule has 3 rings (SSSR count). The topological polar surface area (TPSA) is 78.5 Å². The van der Waals surface area contributed by atoms with Gasteiger partial charge in [-0.1, -0.05) is 30.3 Å². The number of rotatable bonds is 4. The zero-order chi connectivity index (χ0) is 17.8. The summed E-state index contributed by atoms with van der Waals surface area (Å²) in [5, 5.41) is 5.29. The van der Waals surface area contributed by atoms with Gasteiger partial charge in [-0.05, 0) is 29.8 Å². The monoisotopic (exact) mass is 341 g/mol. The van der Waals surface area contributed by atoms with Crippen molar-refractivity contribution in [2.24, 2.45) is 0 Å². The van der Waals surface area contributed by atoms with Gasteiger partial charge < -0.3 is 10.6 Å². The SMILES string of the molecule is O=C(CN1C(=O)CC(c2ccc(F)cc2)NC1=O)Nc1ccccc1. The first-order chi connectivity index (χ1) is 12.0. The molecule has 0 radical (unpaired) electrons. The maximum atomic E-state index is 13.0. The third-order valence-corrected chi connectivity index (χ3v) is 3.85. The van der Waals surface area contributed by atoms with Crippen molar-refractivity contribution in [3.63, 3.8) is 0 Å². The molecule has 6 nitrogen and oxygen atoms in total. The lowest BCUT2D eigenvalue weighted by Gasteiger charge is -2.31. The number of anilines is 1. The first kappa shape index (κ1) is 16.6. The molecule has 1 saturated heterocycles. The molecule has 0 aliphatic carbocycles. The molecule has 0 saturated carbocycles. The van der Waals surface area contributed by atoms with E-state index in [2.05, 4.69) is 10.6 Å². The van der Waals surface area contributed by atoms with Gasteiger partial charge in [0.25, 0.3) is 0 Å². The highest BCUT2D eigenvalue weighted by Crippen LogP contribution is 2.22. The number of amides is 4. The van der Waals surface area contributed by atoms with E-state index in [1.54, 1.807) is 24.3 Å². The van der Waals surface area contributed by atoms with Gasteiger partial charge in [0.15, 0.2) is 0 Å². The normalized spacial score (nSPS) is 17.2. The molecule has 0 bridgehead atoms. The van der Waals surface area contributed by atoms with Crippen LogP contribution in [0.25, 0.3) is 0 Å². The van der Waals surface area contributed by atoms with Crippen LogP contribution in [-0.2, 0) is 9.59 Å². The largest absolute Gasteiger partial charge is 0.330 e. The average Bonchev–Trinajstić information content (AvgIpc) is 2.59. The highest BCUT2D eigenvalue weighted by molar-refractivity contribution is 6.03. The number of nitrogens with zero attached hydrogens (tertiary/aromatic N) is 1. The second-order valence-electron chi connectivity index (χ2n) is 5.65. The minimum atomic E-state index is -0.645. The summed E-state index contributed by atoms with van der Waals surface area (Å²) in [5.41, 5.74) is 1.22. The van der Waals surface area contributed by atoms with Crippen molar-refractivity contribution in [3.8, 4) is 0 Å². The fraction of sp³-hybridized carbons (Fsp3) is 0.167. The standard InChI is InChI=1S/C18H16FN3O3/c19-13-8-6-12(7-9-13)15-10-17(24)22(18(25)21-15)11-16(23)20-14-4-2-1-3-5-14/h1-9,15H,10-11H2,(H,20,23)(H,21,25). The zero-order valence-corrected chi connectivity index (χ0v) is 13.2. The molecule has 1 heterocycles. The number of nitrogens with one attached hydrogen (secondary N) is 2. The van der Waals surface area contributed by atoms with E-state index >= 15 is 0 Å². The van der Waals surface area contributed by atoms with E-state index in [0.29, 0.717) is 11.3 Å². The van der Waals surface area contributed by atoms with Crippen molar-refractivity contribution in [1.29, 1.82) is 0 Å². The number of carbonyl (C=O) groups excluding carboxylic acids is 3. The van der Waals surface area contributed by atoms with Gasteiger partial charge in [-0.25, -0.2) is 9.18 Å². The predicted molar refractivity (Wildman–Crippen MR) is 89.1 cm³/mol. The minimum Gasteiger partial charge on any atom is -0.330 e. The van der Waals surface area contributed by atoms with Crippen molar-refractivity contribution in [1.82, 2.24) is 10.2 Å². The lowest BCUT2D eigenvalue weighted by Crippen LogP contribution is -2.53. The fourth-order valence-electron chi connectivity index (χ4n) is 2.60. The Morgan fingerprint density at radius 2 is 1.80 bits per heavy atom. The maximum Gasteiger partial charge on any atom is 0.325 e. The number of imide groups is 1. The molecule has 2 N–H and O–H groups in total. The van der Waals surface area contributed by atoms with Gasteiger partial charge in [-0.3, -0.25) is 14.5 Å². The molecular formula is C18H16FN3O3. The minimum absolute atomic E-state index is 0.00991. The van der Waals surface area contributed by atoms with Crippen LogP contribution in [0.3, 0.4) is 0 Å². The first-order valence-corrected chi connectivity index (χ1v) is 7.74. The molecular weight excluding hydrogens is 325 g/mol. The van der Waals surface area contributed by atoms with Crippen molar-refractivity contribution in [2.75, 3.05) is 11.9 Å². The summed E-state index contributed by atoms with van der Waals surface area (Å²) in [7, 11) is 0.